The van der Waals surface area contributed by atoms with Gasteiger partial charge in [-0.25, -0.2) is 18.9 Å². The summed E-state index contributed by atoms with van der Waals surface area (Å²) in [6, 6.07) is 12.3. The Hall–Kier alpha value is -3.52. The third-order valence-corrected chi connectivity index (χ3v) is 4.26. The van der Waals surface area contributed by atoms with Gasteiger partial charge in [0.25, 0.3) is 0 Å². The summed E-state index contributed by atoms with van der Waals surface area (Å²) < 4.78 is 15.0. The molecule has 0 saturated heterocycles. The number of fused-ring (bicyclic) bond motifs is 2. The molecule has 1 aliphatic heterocycles. The molecule has 5 rings (SSSR count). The predicted molar refractivity (Wildman–Crippen MR) is 95.6 cm³/mol. The largest absolute Gasteiger partial charge is 0.285 e. The summed E-state index contributed by atoms with van der Waals surface area (Å²) in [6.45, 7) is 0.600. The summed E-state index contributed by atoms with van der Waals surface area (Å²) in [7, 11) is 0. The summed E-state index contributed by atoms with van der Waals surface area (Å²) >= 11 is 0. The normalized spacial score (nSPS) is 13.0. The van der Waals surface area contributed by atoms with Gasteiger partial charge in [-0.3, -0.25) is 10.4 Å². The first-order valence-electron chi connectivity index (χ1n) is 8.11. The molecule has 7 nitrogen and oxygen atoms in total. The minimum Gasteiger partial charge on any atom is -0.285 e. The number of hydrogen-bond donors (Lipinski definition) is 2. The summed E-state index contributed by atoms with van der Waals surface area (Å²) in [4.78, 5) is 9.09. The monoisotopic (exact) mass is 347 g/mol. The van der Waals surface area contributed by atoms with Crippen molar-refractivity contribution in [1.82, 2.24) is 25.1 Å². The highest BCUT2D eigenvalue weighted by Crippen LogP contribution is 2.29. The molecule has 8 heteroatoms. The van der Waals surface area contributed by atoms with Crippen LogP contribution in [0, 0.1) is 5.82 Å². The predicted octanol–water partition coefficient (Wildman–Crippen LogP) is 2.78. The summed E-state index contributed by atoms with van der Waals surface area (Å²) in [6.07, 6.45) is 5.36. The fourth-order valence-electron chi connectivity index (χ4n) is 2.95. The Morgan fingerprint density at radius 3 is 2.85 bits per heavy atom. The number of rotatable bonds is 3. The van der Waals surface area contributed by atoms with Gasteiger partial charge in [0.15, 0.2) is 11.6 Å². The third-order valence-electron chi connectivity index (χ3n) is 4.26. The zero-order valence-electron chi connectivity index (χ0n) is 13.6. The molecule has 0 aliphatic carbocycles. The van der Waals surface area contributed by atoms with E-state index >= 15 is 0 Å². The lowest BCUT2D eigenvalue weighted by Gasteiger charge is -2.17. The molecule has 1 aliphatic rings. The van der Waals surface area contributed by atoms with Crippen LogP contribution >= 0.6 is 0 Å². The van der Waals surface area contributed by atoms with E-state index in [2.05, 4.69) is 32.1 Å². The SMILES string of the molecule is Fc1ccc(-c2cnc3c(n2)N(Cc2ccn4nccc4c2)NN3)cc1. The second-order valence-electron chi connectivity index (χ2n) is 5.99. The first kappa shape index (κ1) is 14.8. The van der Waals surface area contributed by atoms with Gasteiger partial charge in [-0.05, 0) is 48.0 Å². The van der Waals surface area contributed by atoms with E-state index < -0.39 is 0 Å². The molecule has 0 spiro atoms. The fraction of sp³-hybridized carbons (Fsp3) is 0.0556. The molecule has 0 amide bonds. The van der Waals surface area contributed by atoms with Crippen LogP contribution in [-0.2, 0) is 6.54 Å². The molecule has 0 bridgehead atoms. The Bertz CT molecular complexity index is 1090. The zero-order chi connectivity index (χ0) is 17.5. The molecule has 0 saturated carbocycles. The van der Waals surface area contributed by atoms with Gasteiger partial charge in [0.05, 0.1) is 24.0 Å². The van der Waals surface area contributed by atoms with Crippen LogP contribution in [0.5, 0.6) is 0 Å². The molecule has 4 aromatic rings. The van der Waals surface area contributed by atoms with Gasteiger partial charge in [0, 0.05) is 18.0 Å². The Kier molecular flexibility index (Phi) is 3.29. The molecule has 0 fully saturated rings. The molecule has 128 valence electrons. The van der Waals surface area contributed by atoms with Gasteiger partial charge < -0.3 is 0 Å². The van der Waals surface area contributed by atoms with Crippen LogP contribution in [0.3, 0.4) is 0 Å². The number of benzene rings is 1. The van der Waals surface area contributed by atoms with Gasteiger partial charge in [0.1, 0.15) is 5.82 Å². The number of pyridine rings is 1. The standard InChI is InChI=1S/C18H14FN7/c19-14-3-1-13(2-4-14)16-10-20-17-18(22-16)26(24-23-17)11-12-6-8-25-15(9-12)5-7-21-25/h1-10,24H,11H2,(H,20,23). The first-order valence-corrected chi connectivity index (χ1v) is 8.11. The van der Waals surface area contributed by atoms with Crippen molar-refractivity contribution in [3.63, 3.8) is 0 Å². The average molecular weight is 347 g/mol. The van der Waals surface area contributed by atoms with Crippen LogP contribution in [0.2, 0.25) is 0 Å². The van der Waals surface area contributed by atoms with Crippen molar-refractivity contribution in [3.8, 4) is 11.3 Å². The number of hydrogen-bond acceptors (Lipinski definition) is 6. The van der Waals surface area contributed by atoms with Crippen molar-refractivity contribution in [2.45, 2.75) is 6.54 Å². The van der Waals surface area contributed by atoms with Gasteiger partial charge in [-0.15, -0.1) is 5.53 Å². The lowest BCUT2D eigenvalue weighted by molar-refractivity contribution is 0.628. The molecule has 4 heterocycles. The number of nitrogens with one attached hydrogen (secondary N) is 2. The van der Waals surface area contributed by atoms with E-state index in [1.54, 1.807) is 24.5 Å². The molecule has 0 atom stereocenters. The number of halogens is 1. The maximum atomic E-state index is 13.1. The molecular formula is C18H14FN7. The first-order chi connectivity index (χ1) is 12.8. The van der Waals surface area contributed by atoms with Gasteiger partial charge >= 0.3 is 0 Å². The van der Waals surface area contributed by atoms with Crippen LogP contribution < -0.4 is 16.0 Å². The maximum absolute atomic E-state index is 13.1. The van der Waals surface area contributed by atoms with Crippen molar-refractivity contribution >= 4 is 17.2 Å². The number of hydrazine groups is 2. The van der Waals surface area contributed by atoms with Crippen LogP contribution in [0.4, 0.5) is 16.0 Å². The lowest BCUT2D eigenvalue weighted by Crippen LogP contribution is -2.35. The van der Waals surface area contributed by atoms with Crippen LogP contribution in [0.15, 0.2) is 61.1 Å². The minimum atomic E-state index is -0.275. The quantitative estimate of drug-likeness (QED) is 0.594. The topological polar surface area (TPSA) is 70.4 Å². The molecule has 3 aromatic heterocycles. The van der Waals surface area contributed by atoms with Crippen molar-refractivity contribution in [3.05, 3.63) is 72.4 Å². The van der Waals surface area contributed by atoms with E-state index in [1.165, 1.54) is 12.1 Å². The van der Waals surface area contributed by atoms with E-state index in [1.807, 2.05) is 27.9 Å². The van der Waals surface area contributed by atoms with Gasteiger partial charge in [-0.2, -0.15) is 5.10 Å². The van der Waals surface area contributed by atoms with E-state index in [-0.39, 0.29) is 5.82 Å². The summed E-state index contributed by atoms with van der Waals surface area (Å²) in [5, 5.41) is 6.09. The minimum absolute atomic E-state index is 0.275. The molecule has 1 aromatic carbocycles. The molecule has 0 radical (unpaired) electrons. The van der Waals surface area contributed by atoms with Crippen molar-refractivity contribution < 1.29 is 4.39 Å². The Balaban J connectivity index is 1.46. The van der Waals surface area contributed by atoms with Crippen molar-refractivity contribution in [2.24, 2.45) is 0 Å². The maximum Gasteiger partial charge on any atom is 0.190 e. The summed E-state index contributed by atoms with van der Waals surface area (Å²) in [5.74, 6) is 1.07. The molecule has 26 heavy (non-hydrogen) atoms. The number of aromatic nitrogens is 4. The smallest absolute Gasteiger partial charge is 0.190 e. The number of anilines is 2. The van der Waals surface area contributed by atoms with E-state index in [0.29, 0.717) is 23.9 Å². The highest BCUT2D eigenvalue weighted by molar-refractivity contribution is 5.69. The van der Waals surface area contributed by atoms with Crippen molar-refractivity contribution in [1.29, 1.82) is 0 Å². The molecule has 2 N–H and O–H groups in total. The summed E-state index contributed by atoms with van der Waals surface area (Å²) in [5.41, 5.74) is 9.73. The second kappa shape index (κ2) is 5.78. The van der Waals surface area contributed by atoms with Crippen LogP contribution in [0.1, 0.15) is 5.56 Å². The Morgan fingerprint density at radius 1 is 1.08 bits per heavy atom. The Labute approximate surface area is 148 Å². The van der Waals surface area contributed by atoms with Gasteiger partial charge in [0.2, 0.25) is 0 Å². The third kappa shape index (κ3) is 2.52. The Morgan fingerprint density at radius 2 is 1.96 bits per heavy atom. The molecular weight excluding hydrogens is 333 g/mol. The molecule has 0 unspecified atom stereocenters. The fourth-order valence-corrected chi connectivity index (χ4v) is 2.95. The number of nitrogens with zero attached hydrogens (tertiary/aromatic N) is 5. The average Bonchev–Trinajstić information content (AvgIpc) is 3.29. The van der Waals surface area contributed by atoms with E-state index in [9.17, 15) is 4.39 Å². The van der Waals surface area contributed by atoms with Crippen LogP contribution in [-0.4, -0.2) is 19.6 Å². The lowest BCUT2D eigenvalue weighted by atomic mass is 10.1. The van der Waals surface area contributed by atoms with E-state index in [4.69, 9.17) is 0 Å². The highest BCUT2D eigenvalue weighted by Gasteiger charge is 2.22. The van der Waals surface area contributed by atoms with Crippen LogP contribution in [0.25, 0.3) is 16.8 Å². The highest BCUT2D eigenvalue weighted by atomic mass is 19.1. The zero-order valence-corrected chi connectivity index (χ0v) is 13.6. The second-order valence-corrected chi connectivity index (χ2v) is 5.99. The van der Waals surface area contributed by atoms with Crippen molar-refractivity contribution in [2.75, 3.05) is 10.4 Å². The van der Waals surface area contributed by atoms with Gasteiger partial charge in [-0.1, -0.05) is 0 Å². The van der Waals surface area contributed by atoms with E-state index in [0.717, 1.165) is 16.6 Å².